The van der Waals surface area contributed by atoms with E-state index in [0.717, 1.165) is 38.4 Å². The summed E-state index contributed by atoms with van der Waals surface area (Å²) in [5, 5.41) is 6.64. The minimum atomic E-state index is -0.530. The maximum atomic E-state index is 12.5. The van der Waals surface area contributed by atoms with Gasteiger partial charge in [-0.3, -0.25) is 14.4 Å². The molecule has 9 heteroatoms. The number of benzene rings is 1. The number of ketones is 2. The van der Waals surface area contributed by atoms with Crippen LogP contribution in [0.5, 0.6) is 0 Å². The molecule has 2 rings (SSSR count). The Morgan fingerprint density at radius 2 is 1.94 bits per heavy atom. The molecule has 1 N–H and O–H groups in total. The van der Waals surface area contributed by atoms with Gasteiger partial charge >= 0.3 is 58.2 Å². The van der Waals surface area contributed by atoms with Crippen molar-refractivity contribution in [2.45, 2.75) is 57.8 Å². The van der Waals surface area contributed by atoms with Gasteiger partial charge in [-0.25, -0.2) is 0 Å². The number of nitrogens with zero attached hydrogens (tertiary/aromatic N) is 1. The molecule has 0 saturated heterocycles. The predicted molar refractivity (Wildman–Crippen MR) is 119 cm³/mol. The van der Waals surface area contributed by atoms with Gasteiger partial charge in [0, 0.05) is 25.8 Å². The van der Waals surface area contributed by atoms with Crippen LogP contribution in [-0.4, -0.2) is 49.4 Å². The van der Waals surface area contributed by atoms with Crippen molar-refractivity contribution in [3.63, 3.8) is 0 Å². The first kappa shape index (κ1) is 30.0. The van der Waals surface area contributed by atoms with Crippen molar-refractivity contribution >= 4 is 35.4 Å². The van der Waals surface area contributed by atoms with E-state index < -0.39 is 11.8 Å². The van der Waals surface area contributed by atoms with Crippen LogP contribution in [0.15, 0.2) is 24.3 Å². The number of amides is 2. The number of hydrogen-bond donors (Lipinski definition) is 1. The average molecular weight is 529 g/mol. The van der Waals surface area contributed by atoms with Crippen LogP contribution >= 0.6 is 0 Å². The summed E-state index contributed by atoms with van der Waals surface area (Å²) in [7, 11) is 0. The van der Waals surface area contributed by atoms with Gasteiger partial charge < -0.3 is 25.0 Å². The maximum Gasteiger partial charge on any atom is 1.00 e. The smallest absolute Gasteiger partial charge is 0.625 e. The zero-order valence-electron chi connectivity index (χ0n) is 19.3. The molecule has 0 spiro atoms. The van der Waals surface area contributed by atoms with E-state index in [1.165, 1.54) is 0 Å². The van der Waals surface area contributed by atoms with E-state index in [9.17, 15) is 24.0 Å². The number of ether oxygens (including phenoxy) is 1. The molecular weight excluding hydrogens is 498 g/mol. The number of nitrogens with one attached hydrogen (secondary N) is 1. The first-order valence-corrected chi connectivity index (χ1v) is 11.2. The molecule has 174 valence electrons. The van der Waals surface area contributed by atoms with E-state index in [4.69, 9.17) is 4.74 Å². The summed E-state index contributed by atoms with van der Waals surface area (Å²) in [6.45, 7) is -0.0661. The number of carbonyl (C=O) groups is 5. The summed E-state index contributed by atoms with van der Waals surface area (Å²) in [5.74, 6) is -1.42. The van der Waals surface area contributed by atoms with Crippen LogP contribution in [0.2, 0.25) is 0 Å². The van der Waals surface area contributed by atoms with Gasteiger partial charge in [0.2, 0.25) is 5.91 Å². The van der Waals surface area contributed by atoms with Gasteiger partial charge in [-0.2, -0.15) is 0 Å². The van der Waals surface area contributed by atoms with Gasteiger partial charge in [-0.1, -0.05) is 37.1 Å². The molecule has 1 aliphatic rings. The number of carbonyl (C=O) groups excluding carboxylic acids is 5. The van der Waals surface area contributed by atoms with Crippen molar-refractivity contribution in [1.82, 2.24) is 5.32 Å². The molecule has 0 radical (unpaired) electrons. The molecule has 0 bridgehead atoms. The summed E-state index contributed by atoms with van der Waals surface area (Å²) in [6.07, 6.45) is 6.83. The van der Waals surface area contributed by atoms with Gasteiger partial charge in [0.05, 0.1) is 18.4 Å². The Morgan fingerprint density at radius 1 is 1.12 bits per heavy atom. The molecule has 1 aromatic rings. The summed E-state index contributed by atoms with van der Waals surface area (Å²) in [6, 6.07) is 6.78. The molecule has 2 amide bonds. The van der Waals surface area contributed by atoms with Crippen LogP contribution in [0.25, 0.3) is 5.32 Å². The molecular formula is C24H31N2O6Rb. The Hall–Kier alpha value is -1.06. The largest absolute Gasteiger partial charge is 1.00 e. The van der Waals surface area contributed by atoms with Crippen LogP contribution in [0.4, 0.5) is 5.69 Å². The van der Waals surface area contributed by atoms with Crippen molar-refractivity contribution in [3.8, 4) is 0 Å². The van der Waals surface area contributed by atoms with Gasteiger partial charge in [-0.05, 0) is 31.2 Å². The van der Waals surface area contributed by atoms with Gasteiger partial charge in [0.15, 0.2) is 0 Å². The van der Waals surface area contributed by atoms with E-state index >= 15 is 0 Å². The average Bonchev–Trinajstić information content (AvgIpc) is 2.76. The first-order chi connectivity index (χ1) is 15.5. The standard InChI is InChI=1S/C24H32N2O6.Rb/c27-13-6-2-1-5-12-25-23(30)16-32-17-24(31)26-19-9-7-8-18(14-19)15-22(29)20-10-3-4-11-21(20)28;/h7-9,13-14,20H,1-6,10-12,15-17H2,(H2,25,26,30,31);/q;+1/p-1. The summed E-state index contributed by atoms with van der Waals surface area (Å²) >= 11 is 0. The van der Waals surface area contributed by atoms with E-state index in [2.05, 4.69) is 10.6 Å². The minimum Gasteiger partial charge on any atom is -0.625 e. The van der Waals surface area contributed by atoms with E-state index in [1.807, 2.05) is 0 Å². The first-order valence-electron chi connectivity index (χ1n) is 11.2. The van der Waals surface area contributed by atoms with Crippen molar-refractivity contribution in [3.05, 3.63) is 35.1 Å². The Kier molecular flexibility index (Phi) is 15.8. The summed E-state index contributed by atoms with van der Waals surface area (Å²) in [5.41, 5.74) is 1.11. The Bertz CT molecular complexity index is 814. The van der Waals surface area contributed by atoms with Crippen LogP contribution in [0.1, 0.15) is 56.9 Å². The zero-order chi connectivity index (χ0) is 23.2. The zero-order valence-corrected chi connectivity index (χ0v) is 24.3. The SMILES string of the molecule is O=CCCCCCNC(=O)COCC(=O)[N-]c1cccc(CC(=O)C2CCCCC2=O)c1.[Rb+]. The Morgan fingerprint density at radius 3 is 2.70 bits per heavy atom. The van der Waals surface area contributed by atoms with Crippen molar-refractivity contribution in [1.29, 1.82) is 0 Å². The van der Waals surface area contributed by atoms with Crippen molar-refractivity contribution in [2.75, 3.05) is 19.8 Å². The molecule has 1 atom stereocenters. The number of rotatable bonds is 14. The second-order valence-electron chi connectivity index (χ2n) is 7.94. The fourth-order valence-electron chi connectivity index (χ4n) is 3.60. The van der Waals surface area contributed by atoms with Crippen LogP contribution < -0.4 is 63.5 Å². The fourth-order valence-corrected chi connectivity index (χ4v) is 3.60. The third-order valence-electron chi connectivity index (χ3n) is 5.27. The van der Waals surface area contributed by atoms with Gasteiger partial charge in [0.25, 0.3) is 0 Å². The predicted octanol–water partition coefficient (Wildman–Crippen LogP) is -0.0146. The summed E-state index contributed by atoms with van der Waals surface area (Å²) < 4.78 is 5.12. The number of unbranched alkanes of at least 4 members (excludes halogenated alkanes) is 3. The Balaban J connectivity index is 0.00000544. The van der Waals surface area contributed by atoms with Crippen molar-refractivity contribution in [2.24, 2.45) is 5.92 Å². The van der Waals surface area contributed by atoms with Gasteiger partial charge in [-0.15, -0.1) is 5.69 Å². The number of hydrogen-bond acceptors (Lipinski definition) is 6. The number of aldehydes is 1. The van der Waals surface area contributed by atoms with Crippen LogP contribution in [-0.2, 0) is 35.1 Å². The second-order valence-corrected chi connectivity index (χ2v) is 7.94. The van der Waals surface area contributed by atoms with E-state index in [-0.39, 0.29) is 95.3 Å². The monoisotopic (exact) mass is 528 g/mol. The van der Waals surface area contributed by atoms with E-state index in [0.29, 0.717) is 37.1 Å². The third kappa shape index (κ3) is 12.3. The minimum absolute atomic E-state index is 0. The van der Waals surface area contributed by atoms with Crippen LogP contribution in [0.3, 0.4) is 0 Å². The maximum absolute atomic E-state index is 12.5. The van der Waals surface area contributed by atoms with Gasteiger partial charge in [0.1, 0.15) is 24.5 Å². The molecule has 0 aliphatic heterocycles. The molecule has 1 fully saturated rings. The molecule has 33 heavy (non-hydrogen) atoms. The summed E-state index contributed by atoms with van der Waals surface area (Å²) in [4.78, 5) is 58.3. The molecule has 1 aromatic carbocycles. The molecule has 0 aromatic heterocycles. The molecule has 8 nitrogen and oxygen atoms in total. The topological polar surface area (TPSA) is 121 Å². The van der Waals surface area contributed by atoms with Crippen LogP contribution in [0, 0.1) is 5.92 Å². The normalized spacial score (nSPS) is 15.3. The molecule has 1 unspecified atom stereocenters. The quantitative estimate of drug-likeness (QED) is 0.206. The van der Waals surface area contributed by atoms with E-state index in [1.54, 1.807) is 24.3 Å². The fraction of sp³-hybridized carbons (Fsp3) is 0.542. The molecule has 1 saturated carbocycles. The van der Waals surface area contributed by atoms with Crippen molar-refractivity contribution < 1.29 is 86.9 Å². The third-order valence-corrected chi connectivity index (χ3v) is 5.27. The number of Topliss-reactive ketones (excluding diaryl/α,β-unsaturated/α-hetero) is 2. The second kappa shape index (κ2) is 17.4. The molecule has 0 heterocycles. The Labute approximate surface area is 243 Å². The molecule has 1 aliphatic carbocycles.